The third kappa shape index (κ3) is 5.45. The van der Waals surface area contributed by atoms with E-state index in [0.717, 1.165) is 4.90 Å². The SMILES string of the molecule is COc1ccc(-c2ccc(/C=C3/SC(=O)N(CC(=O)Nc4ccc(Br)c(Cl)c4)C3=O)o2)c([N+](=O)[O-])c1. The Balaban J connectivity index is 1.49. The second-order valence-corrected chi connectivity index (χ2v) is 9.54. The molecule has 0 unspecified atom stereocenters. The molecule has 3 aromatic rings. The van der Waals surface area contributed by atoms with Crippen molar-refractivity contribution in [1.29, 1.82) is 0 Å². The lowest BCUT2D eigenvalue weighted by Crippen LogP contribution is -2.36. The summed E-state index contributed by atoms with van der Waals surface area (Å²) in [5.74, 6) is -0.526. The minimum atomic E-state index is -0.664. The van der Waals surface area contributed by atoms with Gasteiger partial charge >= 0.3 is 0 Å². The number of hydrogen-bond donors (Lipinski definition) is 1. The van der Waals surface area contributed by atoms with Gasteiger partial charge in [-0.15, -0.1) is 0 Å². The van der Waals surface area contributed by atoms with Crippen LogP contribution in [0.25, 0.3) is 17.4 Å². The molecule has 1 fully saturated rings. The highest BCUT2D eigenvalue weighted by Crippen LogP contribution is 2.36. The number of nitrogens with one attached hydrogen (secondary N) is 1. The maximum atomic E-state index is 12.8. The van der Waals surface area contributed by atoms with Gasteiger partial charge in [0.15, 0.2) is 0 Å². The number of amides is 3. The van der Waals surface area contributed by atoms with Crippen LogP contribution in [-0.4, -0.2) is 40.5 Å². The first kappa shape index (κ1) is 25.5. The highest BCUT2D eigenvalue weighted by molar-refractivity contribution is 9.10. The molecule has 2 aromatic carbocycles. The van der Waals surface area contributed by atoms with Crippen LogP contribution in [0.3, 0.4) is 0 Å². The number of methoxy groups -OCH3 is 1. The number of imide groups is 1. The number of ether oxygens (including phenoxy) is 1. The number of carbonyl (C=O) groups excluding carboxylic acids is 3. The van der Waals surface area contributed by atoms with Gasteiger partial charge in [0.2, 0.25) is 5.91 Å². The Morgan fingerprint density at radius 3 is 2.72 bits per heavy atom. The van der Waals surface area contributed by atoms with Crippen LogP contribution in [0, 0.1) is 10.1 Å². The summed E-state index contributed by atoms with van der Waals surface area (Å²) >= 11 is 9.92. The number of rotatable bonds is 7. The number of halogens is 2. The highest BCUT2D eigenvalue weighted by atomic mass is 79.9. The van der Waals surface area contributed by atoms with E-state index in [4.69, 9.17) is 20.8 Å². The first-order valence-electron chi connectivity index (χ1n) is 10.1. The van der Waals surface area contributed by atoms with Crippen molar-refractivity contribution in [2.24, 2.45) is 0 Å². The van der Waals surface area contributed by atoms with Gasteiger partial charge in [-0.05, 0) is 70.2 Å². The maximum Gasteiger partial charge on any atom is 0.294 e. The highest BCUT2D eigenvalue weighted by Gasteiger charge is 2.36. The first-order chi connectivity index (χ1) is 17.2. The molecule has 3 amide bonds. The van der Waals surface area contributed by atoms with E-state index in [1.165, 1.54) is 43.5 Å². The number of nitro benzene ring substituents is 1. The second-order valence-electron chi connectivity index (χ2n) is 7.29. The maximum absolute atomic E-state index is 12.8. The monoisotopic (exact) mass is 591 g/mol. The zero-order valence-electron chi connectivity index (χ0n) is 18.3. The Morgan fingerprint density at radius 1 is 1.25 bits per heavy atom. The van der Waals surface area contributed by atoms with E-state index in [2.05, 4.69) is 21.2 Å². The normalized spacial score (nSPS) is 14.4. The Labute approximate surface area is 221 Å². The number of benzene rings is 2. The number of hydrogen-bond acceptors (Lipinski definition) is 8. The minimum Gasteiger partial charge on any atom is -0.497 e. The lowest BCUT2D eigenvalue weighted by molar-refractivity contribution is -0.384. The average Bonchev–Trinajstić information content (AvgIpc) is 3.41. The second kappa shape index (κ2) is 10.6. The van der Waals surface area contributed by atoms with Gasteiger partial charge in [-0.1, -0.05) is 11.6 Å². The molecule has 1 saturated heterocycles. The summed E-state index contributed by atoms with van der Waals surface area (Å²) in [5, 5.41) is 13.8. The van der Waals surface area contributed by atoms with E-state index in [-0.39, 0.29) is 27.7 Å². The van der Waals surface area contributed by atoms with E-state index in [9.17, 15) is 24.5 Å². The van der Waals surface area contributed by atoms with Crippen molar-refractivity contribution < 1.29 is 28.5 Å². The number of furan rings is 1. The third-order valence-corrected chi connectivity index (χ3v) is 7.09. The molecular weight excluding hydrogens is 578 g/mol. The zero-order valence-corrected chi connectivity index (χ0v) is 21.5. The lowest BCUT2D eigenvalue weighted by atomic mass is 10.1. The molecular formula is C23H15BrClN3O7S. The fourth-order valence-corrected chi connectivity index (χ4v) is 4.50. The van der Waals surface area contributed by atoms with Crippen LogP contribution in [0.5, 0.6) is 5.75 Å². The van der Waals surface area contributed by atoms with Crippen LogP contribution in [0.4, 0.5) is 16.2 Å². The molecule has 0 spiro atoms. The van der Waals surface area contributed by atoms with E-state index in [1.807, 2.05) is 0 Å². The van der Waals surface area contributed by atoms with Crippen molar-refractivity contribution in [2.45, 2.75) is 0 Å². The van der Waals surface area contributed by atoms with E-state index >= 15 is 0 Å². The van der Waals surface area contributed by atoms with Gasteiger partial charge in [0.25, 0.3) is 16.8 Å². The molecule has 10 nitrogen and oxygen atoms in total. The minimum absolute atomic E-state index is 0.0459. The van der Waals surface area contributed by atoms with Crippen LogP contribution in [0.1, 0.15) is 5.76 Å². The van der Waals surface area contributed by atoms with Crippen molar-refractivity contribution in [3.8, 4) is 17.1 Å². The van der Waals surface area contributed by atoms with Crippen molar-refractivity contribution in [3.63, 3.8) is 0 Å². The molecule has 1 N–H and O–H groups in total. The van der Waals surface area contributed by atoms with Crippen LogP contribution < -0.4 is 10.1 Å². The number of nitro groups is 1. The zero-order chi connectivity index (χ0) is 26.0. The summed E-state index contributed by atoms with van der Waals surface area (Å²) in [6, 6.07) is 12.1. The van der Waals surface area contributed by atoms with Gasteiger partial charge in [0.05, 0.1) is 33.6 Å². The summed E-state index contributed by atoms with van der Waals surface area (Å²) in [5.41, 5.74) is 0.415. The first-order valence-corrected chi connectivity index (χ1v) is 12.1. The van der Waals surface area contributed by atoms with Gasteiger partial charge in [-0.25, -0.2) is 0 Å². The van der Waals surface area contributed by atoms with E-state index in [0.29, 0.717) is 32.7 Å². The summed E-state index contributed by atoms with van der Waals surface area (Å²) in [4.78, 5) is 49.3. The van der Waals surface area contributed by atoms with Crippen LogP contribution in [0.2, 0.25) is 5.02 Å². The summed E-state index contributed by atoms with van der Waals surface area (Å²) in [6.45, 7) is -0.489. The number of carbonyl (C=O) groups is 3. The molecule has 0 bridgehead atoms. The molecule has 36 heavy (non-hydrogen) atoms. The van der Waals surface area contributed by atoms with E-state index in [1.54, 1.807) is 18.2 Å². The topological polar surface area (TPSA) is 132 Å². The van der Waals surface area contributed by atoms with Crippen molar-refractivity contribution in [3.05, 3.63) is 78.8 Å². The number of anilines is 1. The molecule has 13 heteroatoms. The standard InChI is InChI=1S/C23H15BrClN3O7S/c1-34-13-3-5-15(18(9-13)28(32)33)19-7-4-14(35-19)10-20-22(30)27(23(31)36-20)11-21(29)26-12-2-6-16(24)17(25)8-12/h2-10H,11H2,1H3,(H,26,29)/b20-10+. The van der Waals surface area contributed by atoms with Crippen LogP contribution in [0.15, 0.2) is 62.3 Å². The number of nitrogens with zero attached hydrogens (tertiary/aromatic N) is 2. The Bertz CT molecular complexity index is 1440. The molecule has 0 radical (unpaired) electrons. The smallest absolute Gasteiger partial charge is 0.294 e. The predicted molar refractivity (Wildman–Crippen MR) is 138 cm³/mol. The van der Waals surface area contributed by atoms with Crippen molar-refractivity contribution >= 4 is 73.8 Å². The molecule has 1 aromatic heterocycles. The van der Waals surface area contributed by atoms with Gasteiger partial charge in [0, 0.05) is 16.2 Å². The molecule has 0 atom stereocenters. The summed E-state index contributed by atoms with van der Waals surface area (Å²) in [7, 11) is 1.40. The van der Waals surface area contributed by atoms with Gasteiger partial charge in [-0.2, -0.15) is 0 Å². The van der Waals surface area contributed by atoms with Gasteiger partial charge in [-0.3, -0.25) is 29.4 Å². The molecule has 1 aliphatic rings. The van der Waals surface area contributed by atoms with Gasteiger partial charge < -0.3 is 14.5 Å². The fraction of sp³-hybridized carbons (Fsp3) is 0.0870. The lowest BCUT2D eigenvalue weighted by Gasteiger charge is -2.12. The molecule has 2 heterocycles. The average molecular weight is 593 g/mol. The van der Waals surface area contributed by atoms with Crippen molar-refractivity contribution in [1.82, 2.24) is 4.90 Å². The molecule has 4 rings (SSSR count). The summed E-state index contributed by atoms with van der Waals surface area (Å²) in [6.07, 6.45) is 1.34. The molecule has 0 saturated carbocycles. The third-order valence-electron chi connectivity index (χ3n) is 4.95. The van der Waals surface area contributed by atoms with Crippen LogP contribution >= 0.6 is 39.3 Å². The molecule has 184 valence electrons. The Kier molecular flexibility index (Phi) is 7.48. The molecule has 0 aliphatic carbocycles. The summed E-state index contributed by atoms with van der Waals surface area (Å²) < 4.78 is 11.4. The predicted octanol–water partition coefficient (Wildman–Crippen LogP) is 5.95. The largest absolute Gasteiger partial charge is 0.497 e. The van der Waals surface area contributed by atoms with Crippen LogP contribution in [-0.2, 0) is 9.59 Å². The molecule has 1 aliphatic heterocycles. The Morgan fingerprint density at radius 2 is 2.03 bits per heavy atom. The number of thioether (sulfide) groups is 1. The van der Waals surface area contributed by atoms with E-state index < -0.39 is 28.5 Å². The fourth-order valence-electron chi connectivity index (χ4n) is 3.26. The Hall–Kier alpha value is -3.61. The van der Waals surface area contributed by atoms with Gasteiger partial charge in [0.1, 0.15) is 23.8 Å². The van der Waals surface area contributed by atoms with Crippen molar-refractivity contribution in [2.75, 3.05) is 19.0 Å². The quantitative estimate of drug-likeness (QED) is 0.202.